The second-order valence-corrected chi connectivity index (χ2v) is 5.53. The number of amides is 1. The van der Waals surface area contributed by atoms with Crippen LogP contribution in [0.3, 0.4) is 0 Å². The highest BCUT2D eigenvalue weighted by Gasteiger charge is 2.53. The number of hydrogen-bond acceptors (Lipinski definition) is 4. The summed E-state index contributed by atoms with van der Waals surface area (Å²) < 4.78 is 27.5. The Morgan fingerprint density at radius 1 is 1.43 bits per heavy atom. The van der Waals surface area contributed by atoms with E-state index in [2.05, 4.69) is 0 Å². The molecule has 4 N–H and O–H groups in total. The van der Waals surface area contributed by atoms with E-state index in [4.69, 9.17) is 23.1 Å². The van der Waals surface area contributed by atoms with Crippen molar-refractivity contribution >= 4 is 17.5 Å². The highest BCUT2D eigenvalue weighted by atomic mass is 35.5. The lowest BCUT2D eigenvalue weighted by molar-refractivity contribution is -0.522. The van der Waals surface area contributed by atoms with Gasteiger partial charge in [-0.2, -0.15) is 0 Å². The molecule has 0 saturated carbocycles. The molecule has 1 aliphatic carbocycles. The third-order valence-corrected chi connectivity index (χ3v) is 4.17. The van der Waals surface area contributed by atoms with E-state index < -0.39 is 39.6 Å². The predicted octanol–water partition coefficient (Wildman–Crippen LogP) is 1.95. The molecule has 2 atom stereocenters. The quantitative estimate of drug-likeness (QED) is 0.645. The van der Waals surface area contributed by atoms with Crippen LogP contribution in [0.15, 0.2) is 41.2 Å². The molecular weight excluding hydrogens is 332 g/mol. The molecule has 2 rings (SSSR count). The first-order valence-corrected chi connectivity index (χ1v) is 6.74. The van der Waals surface area contributed by atoms with Crippen LogP contribution in [0.25, 0.3) is 0 Å². The first-order chi connectivity index (χ1) is 10.6. The van der Waals surface area contributed by atoms with Crippen LogP contribution < -0.4 is 11.5 Å². The Morgan fingerprint density at radius 3 is 2.52 bits per heavy atom. The largest absolute Gasteiger partial charge is 0.366 e. The summed E-state index contributed by atoms with van der Waals surface area (Å²) in [5.74, 6) is -2.85. The third kappa shape index (κ3) is 2.60. The Hall–Kier alpha value is -2.32. The van der Waals surface area contributed by atoms with Crippen molar-refractivity contribution in [3.8, 4) is 0 Å². The van der Waals surface area contributed by atoms with Gasteiger partial charge in [-0.05, 0) is 36.3 Å². The van der Waals surface area contributed by atoms with Gasteiger partial charge < -0.3 is 11.5 Å². The molecule has 1 amide bonds. The van der Waals surface area contributed by atoms with Crippen molar-refractivity contribution in [2.45, 2.75) is 18.5 Å². The minimum Gasteiger partial charge on any atom is -0.366 e. The molecule has 0 heterocycles. The Balaban J connectivity index is 2.78. The van der Waals surface area contributed by atoms with Gasteiger partial charge in [0.05, 0.1) is 10.6 Å². The maximum atomic E-state index is 14.2. The predicted molar refractivity (Wildman–Crippen MR) is 79.1 cm³/mol. The van der Waals surface area contributed by atoms with Crippen molar-refractivity contribution in [2.75, 3.05) is 0 Å². The molecule has 0 spiro atoms. The number of benzene rings is 1. The zero-order valence-electron chi connectivity index (χ0n) is 11.8. The van der Waals surface area contributed by atoms with Gasteiger partial charge >= 0.3 is 0 Å². The Kier molecular flexibility index (Phi) is 4.23. The molecule has 6 nitrogen and oxygen atoms in total. The number of allylic oxidation sites excluding steroid dienone is 2. The van der Waals surface area contributed by atoms with E-state index in [0.29, 0.717) is 6.08 Å². The van der Waals surface area contributed by atoms with Crippen LogP contribution >= 0.6 is 11.6 Å². The lowest BCUT2D eigenvalue weighted by Gasteiger charge is -2.36. The molecule has 23 heavy (non-hydrogen) atoms. The molecular formula is C14H12ClF2N3O3. The fourth-order valence-electron chi connectivity index (χ4n) is 2.59. The van der Waals surface area contributed by atoms with E-state index in [1.165, 1.54) is 6.92 Å². The van der Waals surface area contributed by atoms with E-state index in [0.717, 1.165) is 18.2 Å². The molecule has 1 aromatic rings. The minimum atomic E-state index is -2.04. The van der Waals surface area contributed by atoms with Crippen LogP contribution in [0.4, 0.5) is 8.78 Å². The number of halogens is 3. The first kappa shape index (κ1) is 17.0. The van der Waals surface area contributed by atoms with Gasteiger partial charge in [-0.25, -0.2) is 8.78 Å². The van der Waals surface area contributed by atoms with Gasteiger partial charge in [0.25, 0.3) is 11.9 Å². The minimum absolute atomic E-state index is 0.00917. The maximum absolute atomic E-state index is 14.2. The Bertz CT molecular complexity index is 779. The van der Waals surface area contributed by atoms with Gasteiger partial charge in [-0.3, -0.25) is 14.9 Å². The Labute approximate surface area is 134 Å². The molecule has 0 fully saturated rings. The van der Waals surface area contributed by atoms with Gasteiger partial charge in [0.15, 0.2) is 0 Å². The fraction of sp³-hybridized carbons (Fsp3) is 0.214. The van der Waals surface area contributed by atoms with Gasteiger partial charge in [0.1, 0.15) is 17.2 Å². The summed E-state index contributed by atoms with van der Waals surface area (Å²) in [6.07, 6.45) is 0.696. The fourth-order valence-corrected chi connectivity index (χ4v) is 2.77. The first-order valence-electron chi connectivity index (χ1n) is 6.36. The highest BCUT2D eigenvalue weighted by molar-refractivity contribution is 6.30. The average molecular weight is 344 g/mol. The molecule has 0 aliphatic heterocycles. The maximum Gasteiger partial charge on any atom is 0.269 e. The summed E-state index contributed by atoms with van der Waals surface area (Å²) in [4.78, 5) is 22.1. The van der Waals surface area contributed by atoms with Crippen molar-refractivity contribution < 1.29 is 18.5 Å². The summed E-state index contributed by atoms with van der Waals surface area (Å²) in [7, 11) is 0. The summed E-state index contributed by atoms with van der Waals surface area (Å²) in [6, 6.07) is 1.34. The van der Waals surface area contributed by atoms with Crippen LogP contribution in [-0.4, -0.2) is 16.9 Å². The van der Waals surface area contributed by atoms with E-state index in [-0.39, 0.29) is 16.2 Å². The van der Waals surface area contributed by atoms with Crippen molar-refractivity contribution in [2.24, 2.45) is 11.5 Å². The van der Waals surface area contributed by atoms with Crippen LogP contribution in [0.5, 0.6) is 0 Å². The summed E-state index contributed by atoms with van der Waals surface area (Å²) in [5.41, 5.74) is 8.43. The number of nitro groups is 1. The van der Waals surface area contributed by atoms with Crippen molar-refractivity contribution in [3.05, 3.63) is 67.8 Å². The standard InChI is InChI=1S/C14H12ClF2N3O3/c1-6-11(17)5-8(13(18)21)12(20(22)23)14(6,19)7-2-3-10(16)9(15)4-7/h2-5,12H,19H2,1H3,(H2,18,21). The van der Waals surface area contributed by atoms with E-state index in [1.54, 1.807) is 0 Å². The zero-order chi connectivity index (χ0) is 17.5. The number of hydrogen-bond donors (Lipinski definition) is 2. The third-order valence-electron chi connectivity index (χ3n) is 3.88. The number of carbonyl (C=O) groups excluding carboxylic acids is 1. The lowest BCUT2D eigenvalue weighted by atomic mass is 9.72. The molecule has 1 aromatic carbocycles. The smallest absolute Gasteiger partial charge is 0.269 e. The number of primary amides is 1. The average Bonchev–Trinajstić information content (AvgIpc) is 2.46. The van der Waals surface area contributed by atoms with E-state index in [1.807, 2.05) is 0 Å². The topological polar surface area (TPSA) is 112 Å². The molecule has 2 unspecified atom stereocenters. The monoisotopic (exact) mass is 343 g/mol. The van der Waals surface area contributed by atoms with E-state index in [9.17, 15) is 23.7 Å². The number of rotatable bonds is 3. The second kappa shape index (κ2) is 5.71. The van der Waals surface area contributed by atoms with Gasteiger partial charge in [-0.1, -0.05) is 17.7 Å². The van der Waals surface area contributed by atoms with Crippen molar-refractivity contribution in [3.63, 3.8) is 0 Å². The SMILES string of the molecule is CC1=C(F)C=C(C(N)=O)C([N+](=O)[O-])C1(N)c1ccc(F)c(Cl)c1. The second-order valence-electron chi connectivity index (χ2n) is 5.12. The summed E-state index contributed by atoms with van der Waals surface area (Å²) in [6.45, 7) is 1.25. The van der Waals surface area contributed by atoms with Gasteiger partial charge in [-0.15, -0.1) is 0 Å². The van der Waals surface area contributed by atoms with Crippen molar-refractivity contribution in [1.82, 2.24) is 0 Å². The number of nitrogens with zero attached hydrogens (tertiary/aromatic N) is 1. The van der Waals surface area contributed by atoms with Gasteiger partial charge in [0.2, 0.25) is 0 Å². The molecule has 122 valence electrons. The van der Waals surface area contributed by atoms with Crippen LogP contribution in [0.2, 0.25) is 5.02 Å². The van der Waals surface area contributed by atoms with Crippen LogP contribution in [-0.2, 0) is 10.3 Å². The molecule has 0 bridgehead atoms. The molecule has 0 radical (unpaired) electrons. The van der Waals surface area contributed by atoms with Crippen LogP contribution in [0, 0.1) is 15.9 Å². The molecule has 1 aliphatic rings. The number of carbonyl (C=O) groups is 1. The van der Waals surface area contributed by atoms with Gasteiger partial charge in [0, 0.05) is 4.92 Å². The molecule has 0 saturated heterocycles. The van der Waals surface area contributed by atoms with E-state index >= 15 is 0 Å². The highest BCUT2D eigenvalue weighted by Crippen LogP contribution is 2.41. The van der Waals surface area contributed by atoms with Crippen LogP contribution in [0.1, 0.15) is 12.5 Å². The van der Waals surface area contributed by atoms with Crippen molar-refractivity contribution in [1.29, 1.82) is 0 Å². The number of nitrogens with two attached hydrogens (primary N) is 2. The summed E-state index contributed by atoms with van der Waals surface area (Å²) >= 11 is 5.69. The normalized spacial score (nSPS) is 24.4. The lowest BCUT2D eigenvalue weighted by Crippen LogP contribution is -2.56. The molecule has 0 aromatic heterocycles. The molecule has 9 heteroatoms. The zero-order valence-corrected chi connectivity index (χ0v) is 12.6. The summed E-state index contributed by atoms with van der Waals surface area (Å²) in [5, 5.41) is 11.2. The Morgan fingerprint density at radius 2 is 2.04 bits per heavy atom.